The molecule has 1 fully saturated rings. The zero-order valence-corrected chi connectivity index (χ0v) is 11.7. The smallest absolute Gasteiger partial charge is 0.326 e. The number of likely N-dealkylation sites (tertiary alicyclic amines) is 1. The first-order valence-corrected chi connectivity index (χ1v) is 6.68. The van der Waals surface area contributed by atoms with Crippen LogP contribution in [0.1, 0.15) is 18.9 Å². The molecule has 1 aromatic carbocycles. The first-order chi connectivity index (χ1) is 10.0. The van der Waals surface area contributed by atoms with E-state index in [4.69, 9.17) is 10.00 Å². The lowest BCUT2D eigenvalue weighted by Crippen LogP contribution is -2.44. The zero-order valence-electron chi connectivity index (χ0n) is 11.7. The Morgan fingerprint density at radius 3 is 2.67 bits per heavy atom. The molecule has 0 spiro atoms. The van der Waals surface area contributed by atoms with E-state index in [0.29, 0.717) is 24.3 Å². The van der Waals surface area contributed by atoms with Gasteiger partial charge in [-0.1, -0.05) is 6.92 Å². The summed E-state index contributed by atoms with van der Waals surface area (Å²) in [4.78, 5) is 24.7. The van der Waals surface area contributed by atoms with Crippen molar-refractivity contribution in [3.05, 3.63) is 29.8 Å². The Morgan fingerprint density at radius 1 is 1.43 bits per heavy atom. The molecule has 0 aromatic heterocycles. The fourth-order valence-electron chi connectivity index (χ4n) is 2.46. The molecule has 1 N–H and O–H groups in total. The van der Waals surface area contributed by atoms with Gasteiger partial charge in [-0.25, -0.2) is 4.79 Å². The topological polar surface area (TPSA) is 90.6 Å². The van der Waals surface area contributed by atoms with Crippen LogP contribution in [0.25, 0.3) is 0 Å². The maximum Gasteiger partial charge on any atom is 0.326 e. The Bertz CT molecular complexity index is 576. The van der Waals surface area contributed by atoms with Gasteiger partial charge in [0.1, 0.15) is 11.8 Å². The third-order valence-electron chi connectivity index (χ3n) is 3.62. The lowest BCUT2D eigenvalue weighted by molar-refractivity contribution is -0.150. The second-order valence-corrected chi connectivity index (χ2v) is 5.06. The van der Waals surface area contributed by atoms with Crippen LogP contribution < -0.4 is 4.74 Å². The molecular formula is C15H16N2O4. The SMILES string of the molecule is CC1CCN(C(=O)COc2ccc(C#N)cc2)C1C(=O)O. The highest BCUT2D eigenvalue weighted by molar-refractivity contribution is 5.85. The maximum absolute atomic E-state index is 12.1. The van der Waals surface area contributed by atoms with Gasteiger partial charge in [-0.05, 0) is 36.6 Å². The molecule has 1 aliphatic heterocycles. The summed E-state index contributed by atoms with van der Waals surface area (Å²) in [5.74, 6) is -0.898. The second-order valence-electron chi connectivity index (χ2n) is 5.06. The number of carboxylic acids is 1. The lowest BCUT2D eigenvalue weighted by Gasteiger charge is -2.23. The molecule has 1 heterocycles. The summed E-state index contributed by atoms with van der Waals surface area (Å²) in [6, 6.07) is 7.61. The quantitative estimate of drug-likeness (QED) is 0.900. The molecule has 6 nitrogen and oxygen atoms in total. The van der Waals surface area contributed by atoms with Crippen LogP contribution in [-0.2, 0) is 9.59 Å². The van der Waals surface area contributed by atoms with E-state index in [1.165, 1.54) is 4.90 Å². The van der Waals surface area contributed by atoms with Crippen LogP contribution in [0.3, 0.4) is 0 Å². The molecule has 1 aliphatic rings. The van der Waals surface area contributed by atoms with E-state index in [0.717, 1.165) is 0 Å². The van der Waals surface area contributed by atoms with Gasteiger partial charge in [-0.15, -0.1) is 0 Å². The molecule has 2 unspecified atom stereocenters. The fourth-order valence-corrected chi connectivity index (χ4v) is 2.46. The molecular weight excluding hydrogens is 272 g/mol. The van der Waals surface area contributed by atoms with Crippen molar-refractivity contribution in [1.29, 1.82) is 5.26 Å². The Balaban J connectivity index is 1.95. The number of benzene rings is 1. The number of carbonyl (C=O) groups excluding carboxylic acids is 1. The molecule has 2 rings (SSSR count). The van der Waals surface area contributed by atoms with Crippen molar-refractivity contribution < 1.29 is 19.4 Å². The van der Waals surface area contributed by atoms with E-state index in [1.807, 2.05) is 13.0 Å². The number of hydrogen-bond acceptors (Lipinski definition) is 4. The van der Waals surface area contributed by atoms with Crippen molar-refractivity contribution in [2.24, 2.45) is 5.92 Å². The van der Waals surface area contributed by atoms with Crippen molar-refractivity contribution in [1.82, 2.24) is 4.90 Å². The highest BCUT2D eigenvalue weighted by Gasteiger charge is 2.39. The highest BCUT2D eigenvalue weighted by atomic mass is 16.5. The summed E-state index contributed by atoms with van der Waals surface area (Å²) >= 11 is 0. The van der Waals surface area contributed by atoms with Crippen LogP contribution in [0.5, 0.6) is 5.75 Å². The van der Waals surface area contributed by atoms with Crippen molar-refractivity contribution in [2.45, 2.75) is 19.4 Å². The Hall–Kier alpha value is -2.55. The van der Waals surface area contributed by atoms with E-state index in [1.54, 1.807) is 24.3 Å². The monoisotopic (exact) mass is 288 g/mol. The fraction of sp³-hybridized carbons (Fsp3) is 0.400. The van der Waals surface area contributed by atoms with Gasteiger partial charge in [0.15, 0.2) is 6.61 Å². The maximum atomic E-state index is 12.1. The second kappa shape index (κ2) is 6.27. The Labute approximate surface area is 122 Å². The minimum Gasteiger partial charge on any atom is -0.484 e. The van der Waals surface area contributed by atoms with Gasteiger partial charge in [-0.3, -0.25) is 4.79 Å². The number of nitriles is 1. The molecule has 0 bridgehead atoms. The average molecular weight is 288 g/mol. The Kier molecular flexibility index (Phi) is 4.43. The number of nitrogens with zero attached hydrogens (tertiary/aromatic N) is 2. The molecule has 2 atom stereocenters. The standard InChI is InChI=1S/C15H16N2O4/c1-10-6-7-17(14(10)15(19)20)13(18)9-21-12-4-2-11(8-16)3-5-12/h2-5,10,14H,6-7,9H2,1H3,(H,19,20). The van der Waals surface area contributed by atoms with Crippen LogP contribution in [0.2, 0.25) is 0 Å². The number of amides is 1. The predicted molar refractivity (Wildman–Crippen MR) is 73.6 cm³/mol. The van der Waals surface area contributed by atoms with Crippen molar-refractivity contribution in [3.63, 3.8) is 0 Å². The molecule has 0 saturated carbocycles. The van der Waals surface area contributed by atoms with Gasteiger partial charge in [0.2, 0.25) is 0 Å². The first-order valence-electron chi connectivity index (χ1n) is 6.68. The molecule has 21 heavy (non-hydrogen) atoms. The number of carbonyl (C=O) groups is 2. The van der Waals surface area contributed by atoms with E-state index in [9.17, 15) is 14.7 Å². The van der Waals surface area contributed by atoms with E-state index in [2.05, 4.69) is 0 Å². The van der Waals surface area contributed by atoms with Crippen LogP contribution in [0, 0.1) is 17.2 Å². The summed E-state index contributed by atoms with van der Waals surface area (Å²) in [5.41, 5.74) is 0.507. The summed E-state index contributed by atoms with van der Waals surface area (Å²) in [6.07, 6.45) is 0.680. The van der Waals surface area contributed by atoms with Gasteiger partial charge >= 0.3 is 5.97 Å². The van der Waals surface area contributed by atoms with Gasteiger partial charge in [0.05, 0.1) is 11.6 Å². The summed E-state index contributed by atoms with van der Waals surface area (Å²) in [5, 5.41) is 17.9. The third-order valence-corrected chi connectivity index (χ3v) is 3.62. The van der Waals surface area contributed by atoms with Crippen molar-refractivity contribution >= 4 is 11.9 Å². The zero-order chi connectivity index (χ0) is 15.4. The predicted octanol–water partition coefficient (Wildman–Crippen LogP) is 1.26. The molecule has 6 heteroatoms. The van der Waals surface area contributed by atoms with Gasteiger partial charge in [-0.2, -0.15) is 5.26 Å². The highest BCUT2D eigenvalue weighted by Crippen LogP contribution is 2.24. The first kappa shape index (κ1) is 14.9. The number of hydrogen-bond donors (Lipinski definition) is 1. The van der Waals surface area contributed by atoms with Gasteiger partial charge in [0, 0.05) is 6.54 Å². The Morgan fingerprint density at radius 2 is 2.10 bits per heavy atom. The summed E-state index contributed by atoms with van der Waals surface area (Å²) in [7, 11) is 0. The normalized spacial score (nSPS) is 20.9. The molecule has 110 valence electrons. The third kappa shape index (κ3) is 3.31. The van der Waals surface area contributed by atoms with Crippen molar-refractivity contribution in [2.75, 3.05) is 13.2 Å². The molecule has 0 radical (unpaired) electrons. The van der Waals surface area contributed by atoms with Crippen molar-refractivity contribution in [3.8, 4) is 11.8 Å². The molecule has 1 saturated heterocycles. The van der Waals surface area contributed by atoms with E-state index < -0.39 is 12.0 Å². The summed E-state index contributed by atoms with van der Waals surface area (Å²) in [6.45, 7) is 2.06. The molecule has 0 aliphatic carbocycles. The average Bonchev–Trinajstić information content (AvgIpc) is 2.87. The van der Waals surface area contributed by atoms with E-state index >= 15 is 0 Å². The summed E-state index contributed by atoms with van der Waals surface area (Å²) < 4.78 is 5.35. The lowest BCUT2D eigenvalue weighted by atomic mass is 10.0. The van der Waals surface area contributed by atoms with Crippen LogP contribution in [0.4, 0.5) is 0 Å². The number of rotatable bonds is 4. The van der Waals surface area contributed by atoms with Gasteiger partial charge < -0.3 is 14.7 Å². The minimum absolute atomic E-state index is 0.0543. The van der Waals surface area contributed by atoms with Crippen LogP contribution in [-0.4, -0.2) is 41.1 Å². The minimum atomic E-state index is -0.980. The largest absolute Gasteiger partial charge is 0.484 e. The van der Waals surface area contributed by atoms with Gasteiger partial charge in [0.25, 0.3) is 5.91 Å². The number of aliphatic carboxylic acids is 1. The molecule has 1 aromatic rings. The molecule has 1 amide bonds. The van der Waals surface area contributed by atoms with Crippen LogP contribution in [0.15, 0.2) is 24.3 Å². The van der Waals surface area contributed by atoms with Crippen LogP contribution >= 0.6 is 0 Å². The van der Waals surface area contributed by atoms with E-state index in [-0.39, 0.29) is 18.4 Å². The number of carboxylic acid groups (broad SMARTS) is 1. The number of ether oxygens (including phenoxy) is 1.